The Kier molecular flexibility index (Phi) is 4.72. The number of nitriles is 1. The summed E-state index contributed by atoms with van der Waals surface area (Å²) in [5, 5.41) is 9.26. The minimum absolute atomic E-state index is 0.157. The fraction of sp³-hybridized carbons (Fsp3) is 0.278. The van der Waals surface area contributed by atoms with E-state index in [0.29, 0.717) is 12.1 Å². The van der Waals surface area contributed by atoms with Gasteiger partial charge in [0.1, 0.15) is 6.07 Å². The van der Waals surface area contributed by atoms with Crippen LogP contribution < -0.4 is 5.73 Å². The monoisotopic (exact) mass is 296 g/mol. The van der Waals surface area contributed by atoms with Crippen LogP contribution in [0.25, 0.3) is 0 Å². The lowest BCUT2D eigenvalue weighted by molar-refractivity contribution is 0.590. The lowest BCUT2D eigenvalue weighted by Gasteiger charge is -2.19. The van der Waals surface area contributed by atoms with Crippen molar-refractivity contribution in [3.05, 3.63) is 59.2 Å². The van der Waals surface area contributed by atoms with E-state index in [9.17, 15) is 5.26 Å². The zero-order valence-corrected chi connectivity index (χ0v) is 13.5. The Bertz CT molecular complexity index is 661. The minimum atomic E-state index is 0.157. The second-order valence-electron chi connectivity index (χ2n) is 6.02. The van der Waals surface area contributed by atoms with E-state index in [4.69, 9.17) is 5.73 Å². The van der Waals surface area contributed by atoms with Crippen LogP contribution in [0.2, 0.25) is 0 Å². The smallest absolute Gasteiger partial charge is 0.100 e. The summed E-state index contributed by atoms with van der Waals surface area (Å²) < 4.78 is 0. The van der Waals surface area contributed by atoms with Gasteiger partial charge in [-0.05, 0) is 40.8 Å². The molecule has 0 aliphatic rings. The summed E-state index contributed by atoms with van der Waals surface area (Å²) in [7, 11) is 0. The van der Waals surface area contributed by atoms with Crippen LogP contribution in [0.3, 0.4) is 0 Å². The van der Waals surface area contributed by atoms with Gasteiger partial charge in [-0.15, -0.1) is 0 Å². The maximum Gasteiger partial charge on any atom is 0.100 e. The lowest BCUT2D eigenvalue weighted by atomic mass is 9.87. The van der Waals surface area contributed by atoms with Crippen molar-refractivity contribution in [3.8, 4) is 6.07 Å². The van der Waals surface area contributed by atoms with Crippen molar-refractivity contribution in [2.24, 2.45) is 5.73 Å². The van der Waals surface area contributed by atoms with Gasteiger partial charge in [0.2, 0.25) is 0 Å². The van der Waals surface area contributed by atoms with E-state index in [1.807, 2.05) is 18.2 Å². The van der Waals surface area contributed by atoms with Crippen LogP contribution >= 0.6 is 11.8 Å². The molecule has 3 heteroatoms. The molecule has 2 nitrogen and oxygen atoms in total. The average molecular weight is 296 g/mol. The third-order valence-corrected chi connectivity index (χ3v) is 4.43. The first kappa shape index (κ1) is 15.6. The number of benzene rings is 2. The fourth-order valence-electron chi connectivity index (χ4n) is 2.03. The Labute approximate surface area is 131 Å². The summed E-state index contributed by atoms with van der Waals surface area (Å²) in [6.07, 6.45) is 0. The van der Waals surface area contributed by atoms with Crippen LogP contribution in [0.5, 0.6) is 0 Å². The summed E-state index contributed by atoms with van der Waals surface area (Å²) >= 11 is 1.61. The Morgan fingerprint density at radius 1 is 1.10 bits per heavy atom. The van der Waals surface area contributed by atoms with Gasteiger partial charge in [0.25, 0.3) is 0 Å². The SMILES string of the molecule is CC(C)(C)c1ccc(Sc2ccc(CN)cc2C#N)cc1. The molecule has 0 unspecified atom stereocenters. The molecule has 0 amide bonds. The van der Waals surface area contributed by atoms with Gasteiger partial charge in [-0.2, -0.15) is 5.26 Å². The third-order valence-electron chi connectivity index (χ3n) is 3.35. The molecular formula is C18H20N2S. The largest absolute Gasteiger partial charge is 0.326 e. The first-order valence-corrected chi connectivity index (χ1v) is 7.77. The molecule has 0 atom stereocenters. The van der Waals surface area contributed by atoms with Crippen molar-refractivity contribution in [1.82, 2.24) is 0 Å². The maximum absolute atomic E-state index is 9.26. The van der Waals surface area contributed by atoms with E-state index in [0.717, 1.165) is 15.4 Å². The van der Waals surface area contributed by atoms with Crippen LogP contribution in [0, 0.1) is 11.3 Å². The summed E-state index contributed by atoms with van der Waals surface area (Å²) in [5.74, 6) is 0. The lowest BCUT2D eigenvalue weighted by Crippen LogP contribution is -2.10. The number of nitrogens with zero attached hydrogens (tertiary/aromatic N) is 1. The highest BCUT2D eigenvalue weighted by Crippen LogP contribution is 2.32. The molecule has 0 aromatic heterocycles. The number of hydrogen-bond donors (Lipinski definition) is 1. The molecule has 0 fully saturated rings. The molecule has 21 heavy (non-hydrogen) atoms. The van der Waals surface area contributed by atoms with Crippen LogP contribution in [-0.4, -0.2) is 0 Å². The Morgan fingerprint density at radius 3 is 2.29 bits per heavy atom. The van der Waals surface area contributed by atoms with E-state index < -0.39 is 0 Å². The van der Waals surface area contributed by atoms with Gasteiger partial charge in [0.05, 0.1) is 5.56 Å². The summed E-state index contributed by atoms with van der Waals surface area (Å²) in [6.45, 7) is 7.07. The number of nitrogens with two attached hydrogens (primary N) is 1. The molecule has 2 aromatic carbocycles. The summed E-state index contributed by atoms with van der Waals surface area (Å²) in [4.78, 5) is 2.11. The quantitative estimate of drug-likeness (QED) is 0.909. The standard InChI is InChI=1S/C18H20N2S/c1-18(2,3)15-5-7-16(8-6-15)21-17-9-4-13(11-19)10-14(17)12-20/h4-10H,11,19H2,1-3H3. The van der Waals surface area contributed by atoms with Gasteiger partial charge >= 0.3 is 0 Å². The van der Waals surface area contributed by atoms with Gasteiger partial charge in [-0.1, -0.05) is 50.7 Å². The molecule has 0 aliphatic heterocycles. The molecule has 2 rings (SSSR count). The molecule has 108 valence electrons. The molecule has 0 spiro atoms. The zero-order valence-electron chi connectivity index (χ0n) is 12.7. The Balaban J connectivity index is 2.25. The molecule has 2 aromatic rings. The van der Waals surface area contributed by atoms with Crippen LogP contribution in [0.15, 0.2) is 52.3 Å². The molecule has 0 aliphatic carbocycles. The molecular weight excluding hydrogens is 276 g/mol. The van der Waals surface area contributed by atoms with E-state index in [1.54, 1.807) is 11.8 Å². The van der Waals surface area contributed by atoms with Gasteiger partial charge in [-0.25, -0.2) is 0 Å². The average Bonchev–Trinajstić information content (AvgIpc) is 2.47. The Hall–Kier alpha value is -1.76. The number of hydrogen-bond acceptors (Lipinski definition) is 3. The fourth-order valence-corrected chi connectivity index (χ4v) is 2.91. The van der Waals surface area contributed by atoms with E-state index >= 15 is 0 Å². The highest BCUT2D eigenvalue weighted by Gasteiger charge is 2.13. The van der Waals surface area contributed by atoms with Crippen molar-refractivity contribution < 1.29 is 0 Å². The van der Waals surface area contributed by atoms with Gasteiger partial charge in [-0.3, -0.25) is 0 Å². The number of rotatable bonds is 3. The minimum Gasteiger partial charge on any atom is -0.326 e. The second-order valence-corrected chi connectivity index (χ2v) is 7.14. The molecule has 0 radical (unpaired) electrons. The zero-order chi connectivity index (χ0) is 15.5. The van der Waals surface area contributed by atoms with Crippen molar-refractivity contribution in [3.63, 3.8) is 0 Å². The first-order chi connectivity index (χ1) is 9.94. The van der Waals surface area contributed by atoms with E-state index in [-0.39, 0.29) is 5.41 Å². The predicted molar refractivity (Wildman–Crippen MR) is 88.3 cm³/mol. The van der Waals surface area contributed by atoms with Gasteiger partial charge < -0.3 is 5.73 Å². The van der Waals surface area contributed by atoms with Crippen molar-refractivity contribution >= 4 is 11.8 Å². The van der Waals surface area contributed by atoms with Crippen LogP contribution in [-0.2, 0) is 12.0 Å². The molecule has 0 heterocycles. The van der Waals surface area contributed by atoms with Crippen LogP contribution in [0.1, 0.15) is 37.5 Å². The molecule has 0 saturated heterocycles. The molecule has 0 saturated carbocycles. The van der Waals surface area contributed by atoms with Gasteiger partial charge in [0, 0.05) is 16.3 Å². The van der Waals surface area contributed by atoms with Crippen molar-refractivity contribution in [1.29, 1.82) is 5.26 Å². The van der Waals surface area contributed by atoms with Crippen molar-refractivity contribution in [2.75, 3.05) is 0 Å². The maximum atomic E-state index is 9.26. The third kappa shape index (κ3) is 3.87. The summed E-state index contributed by atoms with van der Waals surface area (Å²) in [5.41, 5.74) is 8.75. The van der Waals surface area contributed by atoms with E-state index in [2.05, 4.69) is 51.1 Å². The topological polar surface area (TPSA) is 49.8 Å². The molecule has 2 N–H and O–H groups in total. The van der Waals surface area contributed by atoms with Gasteiger partial charge in [0.15, 0.2) is 0 Å². The highest BCUT2D eigenvalue weighted by molar-refractivity contribution is 7.99. The first-order valence-electron chi connectivity index (χ1n) is 6.95. The van der Waals surface area contributed by atoms with Crippen molar-refractivity contribution in [2.45, 2.75) is 42.5 Å². The summed E-state index contributed by atoms with van der Waals surface area (Å²) in [6, 6.07) is 16.6. The molecule has 0 bridgehead atoms. The van der Waals surface area contributed by atoms with Crippen LogP contribution in [0.4, 0.5) is 0 Å². The second kappa shape index (κ2) is 6.34. The Morgan fingerprint density at radius 2 is 1.76 bits per heavy atom. The normalized spacial score (nSPS) is 11.2. The van der Waals surface area contributed by atoms with E-state index in [1.165, 1.54) is 5.56 Å². The predicted octanol–water partition coefficient (Wildman–Crippen LogP) is 4.47. The highest BCUT2D eigenvalue weighted by atomic mass is 32.2.